The van der Waals surface area contributed by atoms with Gasteiger partial charge >= 0.3 is 11.9 Å². The van der Waals surface area contributed by atoms with Gasteiger partial charge in [-0.3, -0.25) is 9.59 Å². The van der Waals surface area contributed by atoms with E-state index in [0.717, 1.165) is 122 Å². The summed E-state index contributed by atoms with van der Waals surface area (Å²) in [6, 6.07) is 32.0. The molecule has 15 heteroatoms. The molecule has 18 rings (SSSR count). The van der Waals surface area contributed by atoms with Crippen LogP contribution in [0.2, 0.25) is 0 Å². The van der Waals surface area contributed by atoms with Crippen LogP contribution in [0.15, 0.2) is 103 Å². The number of esters is 2. The number of carbonyl (C=O) groups is 2. The Morgan fingerprint density at radius 3 is 1.28 bits per heavy atom. The monoisotopic (exact) mass is 1700 g/mol. The van der Waals surface area contributed by atoms with E-state index in [9.17, 15) is 45.3 Å². The second kappa shape index (κ2) is 36.9. The molecule has 0 amide bonds. The molecule has 0 bridgehead atoms. The summed E-state index contributed by atoms with van der Waals surface area (Å²) in [5, 5.41) is 76.6. The molecule has 3 aromatic rings. The second-order valence-electron chi connectivity index (χ2n) is 46.6. The average molecular weight is 1700 g/mol. The molecule has 7 N–H and O–H groups in total. The molecule has 15 nitrogen and oxygen atoms in total. The zero-order valence-corrected chi connectivity index (χ0v) is 77.9. The number of aliphatic hydroxyl groups excluding tert-OH is 7. The molecule has 14 fully saturated rings. The fourth-order valence-electron chi connectivity index (χ4n) is 32.6. The molecule has 39 atom stereocenters. The molecule has 123 heavy (non-hydrogen) atoms. The van der Waals surface area contributed by atoms with Crippen molar-refractivity contribution in [3.63, 3.8) is 0 Å². The van der Waals surface area contributed by atoms with Gasteiger partial charge in [0.05, 0.1) is 80.9 Å². The van der Waals surface area contributed by atoms with Crippen molar-refractivity contribution in [2.24, 2.45) is 169 Å². The van der Waals surface area contributed by atoms with Crippen molar-refractivity contribution in [1.29, 1.82) is 0 Å². The number of ether oxygens (including phenoxy) is 6. The van der Waals surface area contributed by atoms with Crippen LogP contribution in [0.5, 0.6) is 0 Å². The Bertz CT molecular complexity index is 4040. The van der Waals surface area contributed by atoms with Crippen molar-refractivity contribution < 1.29 is 73.8 Å². The molecule has 3 saturated heterocycles. The van der Waals surface area contributed by atoms with E-state index in [1.807, 2.05) is 0 Å². The zero-order chi connectivity index (χ0) is 87.3. The van der Waals surface area contributed by atoms with E-state index >= 15 is 0 Å². The van der Waals surface area contributed by atoms with Crippen molar-refractivity contribution in [2.45, 2.75) is 370 Å². The largest absolute Gasteiger partial charge is 0.462 e. The molecular weight excluding hydrogens is 1540 g/mol. The van der Waals surface area contributed by atoms with Gasteiger partial charge in [0.2, 0.25) is 0 Å². The molecule has 3 aliphatic heterocycles. The van der Waals surface area contributed by atoms with Crippen LogP contribution in [0.4, 0.5) is 0 Å². The van der Waals surface area contributed by atoms with Crippen molar-refractivity contribution in [3.8, 4) is 0 Å². The highest BCUT2D eigenvalue weighted by molar-refractivity contribution is 5.71. The first-order valence-corrected chi connectivity index (χ1v) is 50.1. The maximum absolute atomic E-state index is 12.9. The minimum Gasteiger partial charge on any atom is -0.462 e. The summed E-state index contributed by atoms with van der Waals surface area (Å²) in [7, 11) is 0. The van der Waals surface area contributed by atoms with Gasteiger partial charge in [-0.2, -0.15) is 0 Å². The van der Waals surface area contributed by atoms with Crippen LogP contribution in [0, 0.1) is 169 Å². The van der Waals surface area contributed by atoms with Crippen LogP contribution in [-0.2, 0) is 57.8 Å². The van der Waals surface area contributed by atoms with Crippen molar-refractivity contribution >= 4 is 11.9 Å². The lowest BCUT2D eigenvalue weighted by molar-refractivity contribution is -0.252. The van der Waals surface area contributed by atoms with Crippen molar-refractivity contribution in [2.75, 3.05) is 0 Å². The molecule has 0 spiro atoms. The van der Waals surface area contributed by atoms with E-state index in [4.69, 9.17) is 28.4 Å². The van der Waals surface area contributed by atoms with Gasteiger partial charge in [-0.05, 0) is 327 Å². The topological polar surface area (TPSA) is 231 Å². The number of fused-ring (bicyclic) bond motifs is 15. The van der Waals surface area contributed by atoms with E-state index in [1.165, 1.54) is 41.5 Å². The van der Waals surface area contributed by atoms with Crippen LogP contribution in [0.25, 0.3) is 0 Å². The number of benzene rings is 3. The molecule has 684 valence electrons. The summed E-state index contributed by atoms with van der Waals surface area (Å²) in [6.07, 6.45) is 23.6. The lowest BCUT2D eigenvalue weighted by Gasteiger charge is -2.65. The molecule has 3 aromatic carbocycles. The van der Waals surface area contributed by atoms with Crippen LogP contribution >= 0.6 is 0 Å². The lowest BCUT2D eigenvalue weighted by atomic mass is 9.43. The van der Waals surface area contributed by atoms with E-state index in [0.29, 0.717) is 152 Å². The van der Waals surface area contributed by atoms with Gasteiger partial charge < -0.3 is 64.2 Å². The number of hydrogen-bond acceptors (Lipinski definition) is 15. The van der Waals surface area contributed by atoms with Gasteiger partial charge in [-0.25, -0.2) is 0 Å². The molecule has 12 aliphatic carbocycles. The maximum atomic E-state index is 12.9. The van der Waals surface area contributed by atoms with E-state index in [-0.39, 0.29) is 123 Å². The summed E-state index contributed by atoms with van der Waals surface area (Å²) in [5.41, 5.74) is 5.55. The fraction of sp³-hybridized carbons (Fsp3) is 0.796. The third-order valence-electron chi connectivity index (χ3n) is 40.0. The van der Waals surface area contributed by atoms with Crippen LogP contribution in [-0.4, -0.2) is 127 Å². The Hall–Kier alpha value is -4.10. The number of rotatable bonds is 18. The highest BCUT2D eigenvalue weighted by Crippen LogP contribution is 2.73. The molecule has 11 saturated carbocycles. The maximum Gasteiger partial charge on any atom is 0.306 e. The first kappa shape index (κ1) is 92.2. The van der Waals surface area contributed by atoms with Crippen molar-refractivity contribution in [1.82, 2.24) is 0 Å². The Balaban J connectivity index is 0.000000143. The third kappa shape index (κ3) is 17.4. The third-order valence-corrected chi connectivity index (χ3v) is 40.0. The van der Waals surface area contributed by atoms with Gasteiger partial charge in [0.1, 0.15) is 12.2 Å². The summed E-state index contributed by atoms with van der Waals surface area (Å²) < 4.78 is 39.7. The summed E-state index contributed by atoms with van der Waals surface area (Å²) in [5.74, 6) is 8.20. The Labute approximate surface area is 739 Å². The summed E-state index contributed by atoms with van der Waals surface area (Å²) in [4.78, 5) is 25.3. The number of aliphatic hydroxyl groups is 7. The van der Waals surface area contributed by atoms with Crippen LogP contribution < -0.4 is 0 Å². The Kier molecular flexibility index (Phi) is 27.7. The minimum absolute atomic E-state index is 0.00178. The van der Waals surface area contributed by atoms with E-state index in [1.54, 1.807) is 0 Å². The van der Waals surface area contributed by atoms with Crippen molar-refractivity contribution in [3.05, 3.63) is 119 Å². The molecule has 3 heterocycles. The van der Waals surface area contributed by atoms with Gasteiger partial charge in [0, 0.05) is 25.2 Å². The Morgan fingerprint density at radius 2 is 0.780 bits per heavy atom. The minimum atomic E-state index is -0.744. The first-order chi connectivity index (χ1) is 58.6. The van der Waals surface area contributed by atoms with Crippen LogP contribution in [0.1, 0.15) is 287 Å². The SMILES string of the molecule is CC(C)C1CC(=O)OC(C(C)C2=CCC3C4C(CC[C@]23C)[C@@]2(C)CC[C@@H](OCc3ccccc3)CC2[C@@H](OCc2ccccc2)[C@@H]4OCc2ccccc2)C1.CC(C)C1CC(=O)OC(C(C)C2CCC3C4C(CC[C@]23C)[C@@]2(C)CC[C@@H](O)CC2[C@@H](O)[C@@H]4O)C1.CC(C)C1CC(O)OC(C(C)C2CCC3C4C(CC[C@]23C)[C@@]2(C)CC[C@@H](O)CC2[C@@H](O)[C@@H]4O)C1. The highest BCUT2D eigenvalue weighted by Gasteiger charge is 2.70. The predicted octanol–water partition coefficient (Wildman–Crippen LogP) is 20.1. The molecule has 0 radical (unpaired) electrons. The highest BCUT2D eigenvalue weighted by atomic mass is 16.6. The average Bonchev–Trinajstić information content (AvgIpc) is 1.67. The number of cyclic esters (lactones) is 2. The molecular formula is C108H162O15. The smallest absolute Gasteiger partial charge is 0.306 e. The Morgan fingerprint density at radius 1 is 0.374 bits per heavy atom. The summed E-state index contributed by atoms with van der Waals surface area (Å²) in [6.45, 7) is 37.0. The van der Waals surface area contributed by atoms with Gasteiger partial charge in [-0.1, -0.05) is 207 Å². The standard InChI is InChI=1S/C50H64O5.C29H50O5.C29H48O5/c1-33(2)38-27-44(55-45(51)28-38)34(3)40-21-22-41-46-42(24-26-49(40,41)4)50(5)25-23-39(52-30-35-15-9-6-10-16-35)29-43(50)47(53-31-36-17-11-7-12-18-36)48(46)54-32-37-19-13-8-14-20-37;2*1-15(2)17-12-23(34-24(31)13-17)16(3)19-6-7-20-25-21(9-11-28(19,20)4)29(5)10-8-18(30)14-22(29)26(32)27(25)33/h6-21,33-34,38-39,41-44,46-48H,22-32H2,1-5H3;15-27,30-33H,6-14H2,1-5H3;15-23,25-27,30,32-33H,6-14H2,1-5H3/t34?,38?,39-,41?,42?,43?,44?,46?,47-,48-,49-,50-;16?,17?,18-,19?,20?,21?,22?,23?,24?,25?,26-,27-,28-,29-;16?,17?,18-,19?,20?,21?,22?,23?,25?,26-,27-,28-,29-/m111/s1. The van der Waals surface area contributed by atoms with E-state index < -0.39 is 30.7 Å². The number of hydrogen-bond donors (Lipinski definition) is 7. The quantitative estimate of drug-likeness (QED) is 0.0464. The fourth-order valence-corrected chi connectivity index (χ4v) is 32.6. The number of carbonyl (C=O) groups excluding carboxylic acids is 2. The lowest BCUT2D eigenvalue weighted by Crippen LogP contribution is -2.65. The molecule has 24 unspecified atom stereocenters. The van der Waals surface area contributed by atoms with E-state index in [2.05, 4.69) is 201 Å². The normalized spacial score (nSPS) is 46.8. The molecule has 15 aliphatic rings. The number of allylic oxidation sites excluding steroid dienone is 1. The predicted molar refractivity (Wildman–Crippen MR) is 480 cm³/mol. The summed E-state index contributed by atoms with van der Waals surface area (Å²) >= 11 is 0. The molecule has 0 aromatic heterocycles. The van der Waals surface area contributed by atoms with Gasteiger partial charge in [0.25, 0.3) is 0 Å². The first-order valence-electron chi connectivity index (χ1n) is 50.1. The zero-order valence-electron chi connectivity index (χ0n) is 77.9. The van der Waals surface area contributed by atoms with Gasteiger partial charge in [0.15, 0.2) is 6.29 Å². The second-order valence-corrected chi connectivity index (χ2v) is 46.6. The van der Waals surface area contributed by atoms with Crippen LogP contribution in [0.3, 0.4) is 0 Å². The van der Waals surface area contributed by atoms with Gasteiger partial charge in [-0.15, -0.1) is 0 Å².